The first kappa shape index (κ1) is 36.8. The molecule has 2 atom stereocenters. The van der Waals surface area contributed by atoms with Crippen LogP contribution < -0.4 is 21.3 Å². The quantitative estimate of drug-likeness (QED) is 0.152. The average molecular weight is 575 g/mol. The highest BCUT2D eigenvalue weighted by molar-refractivity contribution is 5.89. The molecule has 0 fully saturated rings. The lowest BCUT2D eigenvalue weighted by Gasteiger charge is -2.24. The molecule has 0 heterocycles. The van der Waals surface area contributed by atoms with Crippen molar-refractivity contribution in [2.45, 2.75) is 130 Å². The van der Waals surface area contributed by atoms with Gasteiger partial charge in [0.05, 0.1) is 0 Å². The first-order chi connectivity index (χ1) is 18.2. The molecular weight excluding hydrogens is 524 g/mol. The largest absolute Gasteiger partial charge is 0.480 e. The lowest BCUT2D eigenvalue weighted by Crippen LogP contribution is -2.52. The van der Waals surface area contributed by atoms with Crippen molar-refractivity contribution in [1.82, 2.24) is 21.3 Å². The fraction of sp³-hybridized carbons (Fsp3) is 0.815. The number of carboxylic acid groups (broad SMARTS) is 1. The lowest BCUT2D eigenvalue weighted by atomic mass is 10.1. The zero-order valence-electron chi connectivity index (χ0n) is 25.5. The minimum atomic E-state index is -1.22. The number of carbonyl (C=O) groups is 5. The number of hydrogen-bond donors (Lipinski definition) is 5. The molecule has 0 saturated carbocycles. The maximum Gasteiger partial charge on any atom is 0.408 e. The lowest BCUT2D eigenvalue weighted by molar-refractivity contribution is -0.142. The van der Waals surface area contributed by atoms with E-state index in [0.29, 0.717) is 32.2 Å². The Labute approximate surface area is 237 Å². The molecule has 0 radical (unpaired) electrons. The highest BCUT2D eigenvalue weighted by Gasteiger charge is 2.28. The molecule has 0 rings (SSSR count). The number of hydrogen-bond acceptors (Lipinski definition) is 8. The van der Waals surface area contributed by atoms with Gasteiger partial charge in [0.15, 0.2) is 0 Å². The van der Waals surface area contributed by atoms with Gasteiger partial charge >= 0.3 is 24.2 Å². The van der Waals surface area contributed by atoms with Crippen molar-refractivity contribution in [2.24, 2.45) is 0 Å². The van der Waals surface area contributed by atoms with Gasteiger partial charge in [0.1, 0.15) is 28.9 Å². The van der Waals surface area contributed by atoms with Crippen LogP contribution in [0.25, 0.3) is 0 Å². The Morgan fingerprint density at radius 3 is 1.32 bits per heavy atom. The predicted octanol–water partition coefficient (Wildman–Crippen LogP) is 3.84. The van der Waals surface area contributed by atoms with Crippen molar-refractivity contribution < 1.29 is 43.3 Å². The highest BCUT2D eigenvalue weighted by atomic mass is 16.6. The maximum atomic E-state index is 13.0. The van der Waals surface area contributed by atoms with Gasteiger partial charge < -0.3 is 40.6 Å². The van der Waals surface area contributed by atoms with E-state index in [9.17, 15) is 29.1 Å². The molecule has 0 aliphatic rings. The summed E-state index contributed by atoms with van der Waals surface area (Å²) in [5.74, 6) is -1.88. The van der Waals surface area contributed by atoms with Crippen molar-refractivity contribution in [3.05, 3.63) is 0 Å². The molecular formula is C27H50N4O9. The molecule has 0 spiro atoms. The van der Waals surface area contributed by atoms with E-state index >= 15 is 0 Å². The van der Waals surface area contributed by atoms with Crippen LogP contribution in [0.2, 0.25) is 0 Å². The number of rotatable bonds is 14. The fourth-order valence-electron chi connectivity index (χ4n) is 3.20. The van der Waals surface area contributed by atoms with E-state index in [-0.39, 0.29) is 19.4 Å². The summed E-state index contributed by atoms with van der Waals surface area (Å²) in [6, 6.07) is -2.24. The smallest absolute Gasteiger partial charge is 0.408 e. The number of amides is 4. The monoisotopic (exact) mass is 574 g/mol. The van der Waals surface area contributed by atoms with Crippen molar-refractivity contribution in [3.63, 3.8) is 0 Å². The molecule has 0 aliphatic heterocycles. The van der Waals surface area contributed by atoms with E-state index < -0.39 is 59.0 Å². The maximum absolute atomic E-state index is 13.0. The molecule has 0 aromatic carbocycles. The third kappa shape index (κ3) is 20.7. The van der Waals surface area contributed by atoms with Gasteiger partial charge in [0.25, 0.3) is 0 Å². The van der Waals surface area contributed by atoms with E-state index in [1.165, 1.54) is 0 Å². The molecule has 232 valence electrons. The van der Waals surface area contributed by atoms with Crippen LogP contribution in [0.15, 0.2) is 0 Å². The molecule has 5 N–H and O–H groups in total. The summed E-state index contributed by atoms with van der Waals surface area (Å²) in [6.07, 6.45) is 0.204. The first-order valence-electron chi connectivity index (χ1n) is 13.6. The summed E-state index contributed by atoms with van der Waals surface area (Å²) in [5.41, 5.74) is -2.04. The molecule has 13 nitrogen and oxygen atoms in total. The summed E-state index contributed by atoms with van der Waals surface area (Å²) >= 11 is 0. The average Bonchev–Trinajstić information content (AvgIpc) is 2.72. The third-order valence-corrected chi connectivity index (χ3v) is 4.80. The number of carboxylic acids is 1. The van der Waals surface area contributed by atoms with E-state index in [1.807, 2.05) is 0 Å². The van der Waals surface area contributed by atoms with Crippen LogP contribution in [-0.4, -0.2) is 77.2 Å². The summed E-state index contributed by atoms with van der Waals surface area (Å²) in [4.78, 5) is 60.6. The number of carbonyl (C=O) groups excluding carboxylic acids is 4. The normalized spacial score (nSPS) is 13.3. The first-order valence-corrected chi connectivity index (χ1v) is 13.6. The minimum absolute atomic E-state index is 0.121. The van der Waals surface area contributed by atoms with Crippen molar-refractivity contribution in [2.75, 3.05) is 13.1 Å². The topological polar surface area (TPSA) is 181 Å². The van der Waals surface area contributed by atoms with Gasteiger partial charge in [-0.15, -0.1) is 0 Å². The number of unbranched alkanes of at least 4 members (excludes halogenated alkanes) is 2. The van der Waals surface area contributed by atoms with Crippen LogP contribution >= 0.6 is 0 Å². The second-order valence-electron chi connectivity index (χ2n) is 12.4. The van der Waals surface area contributed by atoms with E-state index in [0.717, 1.165) is 0 Å². The Bertz CT molecular complexity index is 842. The number of alkyl carbamates (subject to hydrolysis) is 3. The Morgan fingerprint density at radius 1 is 0.575 bits per heavy atom. The van der Waals surface area contributed by atoms with Crippen molar-refractivity contribution in [3.8, 4) is 0 Å². The standard InChI is InChI=1S/C27H50N4O9/c1-25(2,3)38-22(35)28-16-12-10-14-18(31-24(37)40-27(7,8)9)20(32)30-19(21(33)34)15-11-13-17-29-23(36)39-26(4,5)6/h18-19H,10-17H2,1-9H3,(H,28,35)(H,29,36)(H,30,32)(H,31,37)(H,33,34). The second kappa shape index (κ2) is 16.8. The second-order valence-corrected chi connectivity index (χ2v) is 12.4. The van der Waals surface area contributed by atoms with Gasteiger partial charge in [-0.25, -0.2) is 19.2 Å². The SMILES string of the molecule is CC(C)(C)OC(=O)NCCCCC(NC(=O)C(CCCCNC(=O)OC(C)(C)C)NC(=O)OC(C)(C)C)C(=O)O. The molecule has 0 aliphatic carbocycles. The van der Waals surface area contributed by atoms with Gasteiger partial charge in [-0.1, -0.05) is 0 Å². The molecule has 13 heteroatoms. The van der Waals surface area contributed by atoms with Crippen LogP contribution in [0.5, 0.6) is 0 Å². The summed E-state index contributed by atoms with van der Waals surface area (Å²) in [5, 5.41) is 19.9. The van der Waals surface area contributed by atoms with E-state index in [1.54, 1.807) is 62.3 Å². The van der Waals surface area contributed by atoms with E-state index in [4.69, 9.17) is 14.2 Å². The zero-order chi connectivity index (χ0) is 31.1. The third-order valence-electron chi connectivity index (χ3n) is 4.80. The minimum Gasteiger partial charge on any atom is -0.480 e. The summed E-state index contributed by atoms with van der Waals surface area (Å²) in [7, 11) is 0. The Hall–Kier alpha value is -3.25. The van der Waals surface area contributed by atoms with Crippen LogP contribution in [0.4, 0.5) is 14.4 Å². The Morgan fingerprint density at radius 2 is 0.950 bits per heavy atom. The number of aliphatic carboxylic acids is 1. The van der Waals surface area contributed by atoms with Gasteiger partial charge in [0.2, 0.25) is 5.91 Å². The molecule has 0 bridgehead atoms. The van der Waals surface area contributed by atoms with Crippen LogP contribution in [-0.2, 0) is 23.8 Å². The zero-order valence-corrected chi connectivity index (χ0v) is 25.5. The number of nitrogens with one attached hydrogen (secondary N) is 4. The molecule has 0 aromatic rings. The van der Waals surface area contributed by atoms with Gasteiger partial charge in [-0.3, -0.25) is 4.79 Å². The van der Waals surface area contributed by atoms with Crippen LogP contribution in [0.3, 0.4) is 0 Å². The van der Waals surface area contributed by atoms with Crippen molar-refractivity contribution >= 4 is 30.2 Å². The summed E-state index contributed by atoms with van der Waals surface area (Å²) < 4.78 is 15.6. The highest BCUT2D eigenvalue weighted by Crippen LogP contribution is 2.11. The predicted molar refractivity (Wildman–Crippen MR) is 149 cm³/mol. The van der Waals surface area contributed by atoms with Crippen LogP contribution in [0.1, 0.15) is 101 Å². The Kier molecular flexibility index (Phi) is 15.4. The Balaban J connectivity index is 4.94. The van der Waals surface area contributed by atoms with Gasteiger partial charge in [0, 0.05) is 13.1 Å². The van der Waals surface area contributed by atoms with Gasteiger partial charge in [-0.2, -0.15) is 0 Å². The van der Waals surface area contributed by atoms with Crippen molar-refractivity contribution in [1.29, 1.82) is 0 Å². The van der Waals surface area contributed by atoms with Crippen LogP contribution in [0, 0.1) is 0 Å². The summed E-state index contributed by atoms with van der Waals surface area (Å²) in [6.45, 7) is 16.1. The molecule has 0 aromatic heterocycles. The molecule has 4 amide bonds. The number of ether oxygens (including phenoxy) is 3. The fourth-order valence-corrected chi connectivity index (χ4v) is 3.20. The molecule has 0 saturated heterocycles. The molecule has 2 unspecified atom stereocenters. The van der Waals surface area contributed by atoms with E-state index in [2.05, 4.69) is 21.3 Å². The molecule has 40 heavy (non-hydrogen) atoms. The van der Waals surface area contributed by atoms with Gasteiger partial charge in [-0.05, 0) is 101 Å².